The zero-order chi connectivity index (χ0) is 21.2. The Morgan fingerprint density at radius 1 is 0.935 bits per heavy atom. The van der Waals surface area contributed by atoms with Crippen molar-refractivity contribution in [2.75, 3.05) is 31.2 Å². The van der Waals surface area contributed by atoms with Gasteiger partial charge in [0, 0.05) is 24.9 Å². The maximum Gasteiger partial charge on any atom is 0.257 e. The molecule has 2 aliphatic heterocycles. The fourth-order valence-electron chi connectivity index (χ4n) is 4.70. The topological polar surface area (TPSA) is 82.5 Å². The van der Waals surface area contributed by atoms with Crippen LogP contribution in [0.25, 0.3) is 0 Å². The first kappa shape index (κ1) is 20.6. The van der Waals surface area contributed by atoms with Gasteiger partial charge in [0.05, 0.1) is 30.6 Å². The number of aromatic nitrogens is 4. The number of anilines is 1. The molecule has 0 N–H and O–H groups in total. The highest BCUT2D eigenvalue weighted by atomic mass is 35.5. The zero-order valence-corrected chi connectivity index (χ0v) is 17.9. The third-order valence-electron chi connectivity index (χ3n) is 6.20. The van der Waals surface area contributed by atoms with E-state index in [4.69, 9.17) is 25.8 Å². The van der Waals surface area contributed by atoms with E-state index in [1.807, 2.05) is 0 Å². The van der Waals surface area contributed by atoms with Gasteiger partial charge >= 0.3 is 0 Å². The monoisotopic (exact) mass is 449 g/mol. The van der Waals surface area contributed by atoms with Crippen LogP contribution in [-0.4, -0.2) is 58.4 Å². The van der Waals surface area contributed by atoms with E-state index in [0.29, 0.717) is 37.3 Å². The van der Waals surface area contributed by atoms with Crippen molar-refractivity contribution in [3.8, 4) is 11.8 Å². The van der Waals surface area contributed by atoms with Gasteiger partial charge in [-0.05, 0) is 25.7 Å². The minimum atomic E-state index is -0.629. The molecule has 1 aliphatic carbocycles. The second kappa shape index (κ2) is 9.08. The van der Waals surface area contributed by atoms with Crippen molar-refractivity contribution in [1.29, 1.82) is 0 Å². The average molecular weight is 450 g/mol. The number of rotatable bonds is 5. The Balaban J connectivity index is 1.30. The van der Waals surface area contributed by atoms with E-state index in [1.54, 1.807) is 12.4 Å². The Bertz CT molecular complexity index is 885. The lowest BCUT2D eigenvalue weighted by Crippen LogP contribution is -2.58. The van der Waals surface area contributed by atoms with Crippen molar-refractivity contribution in [3.63, 3.8) is 0 Å². The molecule has 3 fully saturated rings. The molecule has 0 amide bonds. The molecule has 0 aromatic carbocycles. The Hall–Kier alpha value is -2.26. The van der Waals surface area contributed by atoms with Gasteiger partial charge in [0.2, 0.25) is 11.8 Å². The SMILES string of the molecule is Fc1c(OC2CCCCC2)ncnc1OC1C2COCC1CN(c1ncc(Cl)cn1)C2. The summed E-state index contributed by atoms with van der Waals surface area (Å²) in [7, 11) is 0. The molecule has 31 heavy (non-hydrogen) atoms. The molecule has 3 aliphatic rings. The summed E-state index contributed by atoms with van der Waals surface area (Å²) in [6.45, 7) is 2.31. The molecule has 2 aromatic rings. The third kappa shape index (κ3) is 4.52. The van der Waals surface area contributed by atoms with E-state index >= 15 is 4.39 Å². The van der Waals surface area contributed by atoms with Crippen LogP contribution >= 0.6 is 11.6 Å². The quantitative estimate of drug-likeness (QED) is 0.687. The predicted molar refractivity (Wildman–Crippen MR) is 111 cm³/mol. The van der Waals surface area contributed by atoms with Crippen molar-refractivity contribution < 1.29 is 18.6 Å². The van der Waals surface area contributed by atoms with Crippen molar-refractivity contribution in [1.82, 2.24) is 19.9 Å². The second-order valence-corrected chi connectivity index (χ2v) is 8.86. The molecule has 8 nitrogen and oxygen atoms in total. The lowest BCUT2D eigenvalue weighted by molar-refractivity contribution is -0.0783. The van der Waals surface area contributed by atoms with E-state index in [2.05, 4.69) is 24.8 Å². The summed E-state index contributed by atoms with van der Waals surface area (Å²) in [5, 5.41) is 0.496. The Kier molecular flexibility index (Phi) is 6.04. The number of piperidine rings is 1. The van der Waals surface area contributed by atoms with E-state index in [-0.39, 0.29) is 35.8 Å². The summed E-state index contributed by atoms with van der Waals surface area (Å²) in [5.74, 6) is -0.0245. The largest absolute Gasteiger partial charge is 0.472 e. The molecular formula is C21H25ClFN5O3. The molecule has 5 rings (SSSR count). The molecule has 2 bridgehead atoms. The van der Waals surface area contributed by atoms with Crippen LogP contribution < -0.4 is 14.4 Å². The van der Waals surface area contributed by atoms with Crippen LogP contribution in [0.1, 0.15) is 32.1 Å². The zero-order valence-electron chi connectivity index (χ0n) is 17.1. The number of nitrogens with zero attached hydrogens (tertiary/aromatic N) is 5. The molecule has 10 heteroatoms. The maximum atomic E-state index is 15.1. The summed E-state index contributed by atoms with van der Waals surface area (Å²) < 4.78 is 32.8. The van der Waals surface area contributed by atoms with Gasteiger partial charge in [-0.3, -0.25) is 0 Å². The van der Waals surface area contributed by atoms with Gasteiger partial charge in [-0.2, -0.15) is 14.4 Å². The number of fused-ring (bicyclic) bond motifs is 2. The first-order chi connectivity index (χ1) is 15.2. The third-order valence-corrected chi connectivity index (χ3v) is 6.39. The second-order valence-electron chi connectivity index (χ2n) is 8.42. The van der Waals surface area contributed by atoms with E-state index in [0.717, 1.165) is 25.7 Å². The molecule has 0 spiro atoms. The standard InChI is InChI=1S/C21H25ClFN5O3/c22-15-6-24-21(25-7-15)28-8-13-10-29-11-14(9-28)18(13)31-20-17(23)19(26-12-27-20)30-16-4-2-1-3-5-16/h6-7,12-14,16,18H,1-5,8-11H2. The number of hydrogen-bond donors (Lipinski definition) is 0. The van der Waals surface area contributed by atoms with Crippen LogP contribution in [0.5, 0.6) is 11.8 Å². The summed E-state index contributed by atoms with van der Waals surface area (Å²) in [6, 6.07) is 0. The van der Waals surface area contributed by atoms with Crippen LogP contribution in [0.3, 0.4) is 0 Å². The van der Waals surface area contributed by atoms with Crippen molar-refractivity contribution in [2.24, 2.45) is 11.8 Å². The van der Waals surface area contributed by atoms with Crippen LogP contribution in [-0.2, 0) is 4.74 Å². The molecule has 4 heterocycles. The van der Waals surface area contributed by atoms with Crippen molar-refractivity contribution in [2.45, 2.75) is 44.3 Å². The van der Waals surface area contributed by atoms with Gasteiger partial charge in [0.15, 0.2) is 0 Å². The lowest BCUT2D eigenvalue weighted by Gasteiger charge is -2.46. The fourth-order valence-corrected chi connectivity index (χ4v) is 4.79. The van der Waals surface area contributed by atoms with Gasteiger partial charge in [0.25, 0.3) is 11.8 Å². The fraction of sp³-hybridized carbons (Fsp3) is 0.619. The van der Waals surface area contributed by atoms with Crippen LogP contribution in [0.15, 0.2) is 18.7 Å². The van der Waals surface area contributed by atoms with Gasteiger partial charge < -0.3 is 19.1 Å². The van der Waals surface area contributed by atoms with Gasteiger partial charge in [0.1, 0.15) is 18.5 Å². The normalized spacial score (nSPS) is 26.5. The molecule has 2 saturated heterocycles. The Labute approximate surface area is 185 Å². The number of halogens is 2. The highest BCUT2D eigenvalue weighted by molar-refractivity contribution is 6.30. The molecule has 2 aromatic heterocycles. The van der Waals surface area contributed by atoms with Crippen LogP contribution in [0.2, 0.25) is 5.02 Å². The highest BCUT2D eigenvalue weighted by Gasteiger charge is 2.43. The smallest absolute Gasteiger partial charge is 0.257 e. The minimum Gasteiger partial charge on any atom is -0.472 e. The first-order valence-electron chi connectivity index (χ1n) is 10.8. The summed E-state index contributed by atoms with van der Waals surface area (Å²) >= 11 is 5.91. The molecule has 0 radical (unpaired) electrons. The molecule has 1 saturated carbocycles. The summed E-state index contributed by atoms with van der Waals surface area (Å²) in [5.41, 5.74) is 0. The van der Waals surface area contributed by atoms with Crippen LogP contribution in [0, 0.1) is 17.7 Å². The van der Waals surface area contributed by atoms with E-state index in [9.17, 15) is 0 Å². The average Bonchev–Trinajstić information content (AvgIpc) is 2.77. The summed E-state index contributed by atoms with van der Waals surface area (Å²) in [4.78, 5) is 18.8. The molecular weight excluding hydrogens is 425 g/mol. The molecule has 166 valence electrons. The summed E-state index contributed by atoms with van der Waals surface area (Å²) in [6.07, 6.45) is 9.50. The maximum absolute atomic E-state index is 15.1. The van der Waals surface area contributed by atoms with E-state index in [1.165, 1.54) is 12.7 Å². The number of hydrogen-bond acceptors (Lipinski definition) is 8. The van der Waals surface area contributed by atoms with Gasteiger partial charge in [-0.25, -0.2) is 9.97 Å². The van der Waals surface area contributed by atoms with Crippen molar-refractivity contribution >= 4 is 17.5 Å². The highest BCUT2D eigenvalue weighted by Crippen LogP contribution is 2.34. The lowest BCUT2D eigenvalue weighted by atomic mass is 9.84. The number of ether oxygens (including phenoxy) is 3. The minimum absolute atomic E-state index is 0.00129. The van der Waals surface area contributed by atoms with Gasteiger partial charge in [-0.15, -0.1) is 0 Å². The Morgan fingerprint density at radius 3 is 2.26 bits per heavy atom. The predicted octanol–water partition coefficient (Wildman–Crippen LogP) is 3.30. The van der Waals surface area contributed by atoms with Gasteiger partial charge in [-0.1, -0.05) is 18.0 Å². The molecule has 2 atom stereocenters. The van der Waals surface area contributed by atoms with E-state index < -0.39 is 5.82 Å². The van der Waals surface area contributed by atoms with Crippen molar-refractivity contribution in [3.05, 3.63) is 29.6 Å². The molecule has 2 unspecified atom stereocenters. The van der Waals surface area contributed by atoms with Crippen LogP contribution in [0.4, 0.5) is 10.3 Å². The first-order valence-corrected chi connectivity index (χ1v) is 11.2. The Morgan fingerprint density at radius 2 is 1.58 bits per heavy atom.